The van der Waals surface area contributed by atoms with Crippen LogP contribution >= 0.6 is 0 Å². The van der Waals surface area contributed by atoms with Crippen LogP contribution in [0.1, 0.15) is 44.9 Å². The van der Waals surface area contributed by atoms with E-state index in [-0.39, 0.29) is 0 Å². The minimum Gasteiger partial charge on any atom is -0.480 e. The number of aryl methyl sites for hydroxylation is 1. The molecule has 0 saturated heterocycles. The minimum atomic E-state index is -1.97. The number of carbonyl (C=O) groups is 2. The number of amides is 1. The first-order valence-corrected chi connectivity index (χ1v) is 11.2. The van der Waals surface area contributed by atoms with Crippen molar-refractivity contribution >= 4 is 17.6 Å². The highest BCUT2D eigenvalue weighted by Gasteiger charge is 2.50. The Balaban J connectivity index is 2.04. The van der Waals surface area contributed by atoms with Crippen molar-refractivity contribution in [2.24, 2.45) is 5.41 Å². The molecule has 176 valence electrons. The lowest BCUT2D eigenvalue weighted by Gasteiger charge is -2.36. The first kappa shape index (κ1) is 24.7. The van der Waals surface area contributed by atoms with Crippen molar-refractivity contribution in [3.8, 4) is 6.07 Å². The van der Waals surface area contributed by atoms with E-state index in [1.807, 2.05) is 48.5 Å². The Morgan fingerprint density at radius 3 is 2.44 bits per heavy atom. The molecule has 1 aliphatic carbocycles. The molecule has 1 aromatic heterocycles. The quantitative estimate of drug-likeness (QED) is 0.608. The van der Waals surface area contributed by atoms with Gasteiger partial charge in [0.05, 0.1) is 17.8 Å². The van der Waals surface area contributed by atoms with Crippen molar-refractivity contribution in [2.45, 2.75) is 51.7 Å². The molecular weight excluding hydrogens is 430 g/mol. The fourth-order valence-electron chi connectivity index (χ4n) is 4.00. The molecule has 7 nitrogen and oxygen atoms in total. The Bertz CT molecular complexity index is 1130. The molecule has 1 aliphatic rings. The summed E-state index contributed by atoms with van der Waals surface area (Å²) in [5.74, 6) is -1.34. The van der Waals surface area contributed by atoms with Crippen LogP contribution in [0.15, 0.2) is 72.5 Å². The van der Waals surface area contributed by atoms with Crippen molar-refractivity contribution in [3.63, 3.8) is 0 Å². The van der Waals surface area contributed by atoms with Gasteiger partial charge in [0.25, 0.3) is 0 Å². The first-order valence-electron chi connectivity index (χ1n) is 11.2. The van der Waals surface area contributed by atoms with Crippen molar-refractivity contribution < 1.29 is 19.4 Å². The fourth-order valence-corrected chi connectivity index (χ4v) is 4.00. The molecule has 0 unspecified atom stereocenters. The van der Waals surface area contributed by atoms with Gasteiger partial charge in [0, 0.05) is 11.8 Å². The highest BCUT2D eigenvalue weighted by Crippen LogP contribution is 2.40. The van der Waals surface area contributed by atoms with E-state index in [2.05, 4.69) is 10.3 Å². The number of nitrogens with one attached hydrogen (secondary N) is 1. The standard InChI is InChI=1S/C27H29N3O4/c1-26(2,3)34-25(33)30-23-21(13-9-12-19-10-5-4-6-11-19)20(22-14-7-8-17-29-22)15-16-27(23,18-28)24(31)32/h4-8,10-11,14-17,23H,9,12-13H2,1-3H3,(H,30,33)(H,31,32)/t23-,27+/m0/s1. The molecule has 0 saturated carbocycles. The predicted octanol–water partition coefficient (Wildman–Crippen LogP) is 4.92. The lowest BCUT2D eigenvalue weighted by atomic mass is 9.71. The average molecular weight is 460 g/mol. The van der Waals surface area contributed by atoms with Gasteiger partial charge in [-0.15, -0.1) is 0 Å². The maximum atomic E-state index is 12.7. The minimum absolute atomic E-state index is 0.461. The van der Waals surface area contributed by atoms with Crippen LogP contribution < -0.4 is 5.32 Å². The van der Waals surface area contributed by atoms with Gasteiger partial charge in [-0.1, -0.05) is 48.6 Å². The highest BCUT2D eigenvalue weighted by atomic mass is 16.6. The smallest absolute Gasteiger partial charge is 0.408 e. The van der Waals surface area contributed by atoms with E-state index in [0.29, 0.717) is 29.7 Å². The second-order valence-electron chi connectivity index (χ2n) is 9.19. The number of nitrogens with zero attached hydrogens (tertiary/aromatic N) is 2. The van der Waals surface area contributed by atoms with E-state index in [9.17, 15) is 20.0 Å². The molecular formula is C27H29N3O4. The number of ether oxygens (including phenoxy) is 1. The Hall–Kier alpha value is -3.92. The fraction of sp³-hybridized carbons (Fsp3) is 0.333. The van der Waals surface area contributed by atoms with Crippen LogP contribution in [-0.2, 0) is 16.0 Å². The van der Waals surface area contributed by atoms with Crippen molar-refractivity contribution in [3.05, 3.63) is 83.7 Å². The van der Waals surface area contributed by atoms with E-state index in [1.165, 1.54) is 6.08 Å². The summed E-state index contributed by atoms with van der Waals surface area (Å²) < 4.78 is 5.41. The number of pyridine rings is 1. The van der Waals surface area contributed by atoms with E-state index >= 15 is 0 Å². The maximum Gasteiger partial charge on any atom is 0.408 e. The van der Waals surface area contributed by atoms with E-state index in [1.54, 1.807) is 39.1 Å². The number of carbonyl (C=O) groups excluding carboxylic acids is 1. The zero-order valence-electron chi connectivity index (χ0n) is 19.6. The predicted molar refractivity (Wildman–Crippen MR) is 129 cm³/mol. The molecule has 7 heteroatoms. The van der Waals surface area contributed by atoms with Gasteiger partial charge < -0.3 is 15.2 Å². The summed E-state index contributed by atoms with van der Waals surface area (Å²) in [7, 11) is 0. The molecule has 0 bridgehead atoms. The van der Waals surface area contributed by atoms with Gasteiger partial charge in [-0.25, -0.2) is 4.79 Å². The highest BCUT2D eigenvalue weighted by molar-refractivity contribution is 5.89. The van der Waals surface area contributed by atoms with Gasteiger partial charge in [-0.2, -0.15) is 5.26 Å². The molecule has 2 aromatic rings. The molecule has 2 N–H and O–H groups in total. The monoisotopic (exact) mass is 459 g/mol. The SMILES string of the molecule is CC(C)(C)OC(=O)N[C@H]1C(CCCc2ccccc2)=C(c2ccccn2)C=C[C@]1(C#N)C(=O)O. The van der Waals surface area contributed by atoms with Gasteiger partial charge >= 0.3 is 12.1 Å². The lowest BCUT2D eigenvalue weighted by molar-refractivity contribution is -0.144. The molecule has 1 amide bonds. The molecule has 0 aliphatic heterocycles. The Morgan fingerprint density at radius 2 is 1.85 bits per heavy atom. The third kappa shape index (κ3) is 5.70. The van der Waals surface area contributed by atoms with Gasteiger partial charge in [0.2, 0.25) is 0 Å². The summed E-state index contributed by atoms with van der Waals surface area (Å²) in [4.78, 5) is 29.5. The number of carboxylic acid groups (broad SMARTS) is 1. The van der Waals surface area contributed by atoms with Crippen LogP contribution in [0, 0.1) is 16.7 Å². The summed E-state index contributed by atoms with van der Waals surface area (Å²) in [6.07, 6.45) is 5.74. The maximum absolute atomic E-state index is 12.7. The number of nitriles is 1. The Labute approximate surface area is 199 Å². The van der Waals surface area contributed by atoms with Gasteiger partial charge in [-0.3, -0.25) is 9.78 Å². The number of hydrogen-bond donors (Lipinski definition) is 2. The normalized spacial score (nSPS) is 19.9. The lowest BCUT2D eigenvalue weighted by Crippen LogP contribution is -2.53. The average Bonchev–Trinajstić information content (AvgIpc) is 2.79. The van der Waals surface area contributed by atoms with Crippen LogP contribution in [0.2, 0.25) is 0 Å². The third-order valence-electron chi connectivity index (χ3n) is 5.56. The second kappa shape index (κ2) is 10.3. The van der Waals surface area contributed by atoms with Gasteiger partial charge in [-0.05, 0) is 63.3 Å². The Kier molecular flexibility index (Phi) is 7.52. The van der Waals surface area contributed by atoms with Gasteiger partial charge in [0.1, 0.15) is 5.60 Å². The number of benzene rings is 1. The first-order chi connectivity index (χ1) is 16.2. The third-order valence-corrected chi connectivity index (χ3v) is 5.56. The van der Waals surface area contributed by atoms with E-state index in [0.717, 1.165) is 12.0 Å². The number of aliphatic carboxylic acids is 1. The van der Waals surface area contributed by atoms with Crippen LogP contribution in [0.3, 0.4) is 0 Å². The summed E-state index contributed by atoms with van der Waals surface area (Å²) in [6, 6.07) is 16.2. The van der Waals surface area contributed by atoms with E-state index < -0.39 is 29.1 Å². The van der Waals surface area contributed by atoms with Crippen molar-refractivity contribution in [2.75, 3.05) is 0 Å². The molecule has 0 fully saturated rings. The van der Waals surface area contributed by atoms with Gasteiger partial charge in [0.15, 0.2) is 5.41 Å². The Morgan fingerprint density at radius 1 is 1.15 bits per heavy atom. The molecule has 3 rings (SSSR count). The summed E-state index contributed by atoms with van der Waals surface area (Å²) >= 11 is 0. The molecule has 1 aromatic carbocycles. The molecule has 2 atom stereocenters. The zero-order valence-corrected chi connectivity index (χ0v) is 19.6. The number of allylic oxidation sites excluding steroid dienone is 2. The van der Waals surface area contributed by atoms with Crippen LogP contribution in [0.5, 0.6) is 0 Å². The molecule has 0 spiro atoms. The van der Waals surface area contributed by atoms with Crippen LogP contribution in [0.4, 0.5) is 4.79 Å². The number of alkyl carbamates (subject to hydrolysis) is 1. The second-order valence-corrected chi connectivity index (χ2v) is 9.19. The summed E-state index contributed by atoms with van der Waals surface area (Å²) in [5, 5.41) is 22.8. The number of carboxylic acids is 1. The zero-order chi connectivity index (χ0) is 24.8. The summed E-state index contributed by atoms with van der Waals surface area (Å²) in [6.45, 7) is 5.16. The number of aromatic nitrogens is 1. The van der Waals surface area contributed by atoms with E-state index in [4.69, 9.17) is 4.74 Å². The topological polar surface area (TPSA) is 112 Å². The van der Waals surface area contributed by atoms with Crippen LogP contribution in [-0.4, -0.2) is 33.8 Å². The largest absolute Gasteiger partial charge is 0.480 e. The summed E-state index contributed by atoms with van der Waals surface area (Å²) in [5.41, 5.74) is 0.358. The molecule has 1 heterocycles. The molecule has 0 radical (unpaired) electrons. The van der Waals surface area contributed by atoms with Crippen LogP contribution in [0.25, 0.3) is 5.57 Å². The van der Waals surface area contributed by atoms with Crippen molar-refractivity contribution in [1.29, 1.82) is 5.26 Å². The molecule has 34 heavy (non-hydrogen) atoms. The number of hydrogen-bond acceptors (Lipinski definition) is 5. The van der Waals surface area contributed by atoms with Crippen molar-refractivity contribution in [1.82, 2.24) is 10.3 Å². The number of rotatable bonds is 7.